The van der Waals surface area contributed by atoms with E-state index in [4.69, 9.17) is 13.0 Å². The number of aryl methyl sites for hydroxylation is 1. The predicted molar refractivity (Wildman–Crippen MR) is 108 cm³/mol. The number of hydrogen-bond donors (Lipinski definition) is 1. The molecule has 1 aromatic carbocycles. The molecule has 0 aromatic heterocycles. The summed E-state index contributed by atoms with van der Waals surface area (Å²) in [6.45, 7) is 18.1. The Labute approximate surface area is 150 Å². The third-order valence-electron chi connectivity index (χ3n) is 3.26. The van der Waals surface area contributed by atoms with Crippen molar-refractivity contribution in [1.82, 2.24) is 0 Å². The monoisotopic (exact) mass is 386 g/mol. The summed E-state index contributed by atoms with van der Waals surface area (Å²) in [7, 11) is -5.45. The van der Waals surface area contributed by atoms with Gasteiger partial charge in [0.2, 0.25) is 0 Å². The van der Waals surface area contributed by atoms with Crippen molar-refractivity contribution in [1.29, 1.82) is 0 Å². The van der Waals surface area contributed by atoms with Gasteiger partial charge in [-0.3, -0.25) is 0 Å². The highest BCUT2D eigenvalue weighted by Crippen LogP contribution is 2.26. The van der Waals surface area contributed by atoms with Crippen LogP contribution in [0.15, 0.2) is 18.2 Å². The maximum atomic E-state index is 9.56. The molecule has 24 heavy (non-hydrogen) atoms. The van der Waals surface area contributed by atoms with Crippen molar-refractivity contribution in [3.63, 3.8) is 0 Å². The first kappa shape index (κ1) is 21.4. The van der Waals surface area contributed by atoms with Crippen LogP contribution < -0.4 is 4.74 Å². The highest BCUT2D eigenvalue weighted by molar-refractivity contribution is 6.87. The lowest BCUT2D eigenvalue weighted by atomic mass is 10.2. The van der Waals surface area contributed by atoms with E-state index in [1.54, 1.807) is 12.1 Å². The smallest absolute Gasteiger partial charge is 0.314 e. The Balaban J connectivity index is 2.59. The van der Waals surface area contributed by atoms with Crippen molar-refractivity contribution in [3.8, 4) is 11.5 Å². The van der Waals surface area contributed by atoms with Crippen LogP contribution >= 0.6 is 0 Å². The molecule has 0 saturated carbocycles. The Morgan fingerprint density at radius 2 is 1.46 bits per heavy atom. The Bertz CT molecular complexity index is 520. The van der Waals surface area contributed by atoms with Crippen LogP contribution in [-0.4, -0.2) is 36.9 Å². The van der Waals surface area contributed by atoms with E-state index in [0.717, 1.165) is 23.8 Å². The molecule has 4 nitrogen and oxygen atoms in total. The fourth-order valence-electron chi connectivity index (χ4n) is 2.72. The Hall–Kier alpha value is -0.609. The van der Waals surface area contributed by atoms with Crippen molar-refractivity contribution in [3.05, 3.63) is 23.8 Å². The molecule has 1 aromatic rings. The largest absolute Gasteiger partial charge is 0.508 e. The summed E-state index contributed by atoms with van der Waals surface area (Å²) in [6, 6.07) is 6.28. The van der Waals surface area contributed by atoms with Gasteiger partial charge >= 0.3 is 8.56 Å². The summed E-state index contributed by atoms with van der Waals surface area (Å²) >= 11 is 0. The molecule has 7 heteroatoms. The zero-order valence-corrected chi connectivity index (χ0v) is 19.5. The van der Waals surface area contributed by atoms with Gasteiger partial charge in [0.1, 0.15) is 11.5 Å². The molecule has 0 aliphatic rings. The van der Waals surface area contributed by atoms with Crippen LogP contribution in [0.4, 0.5) is 0 Å². The average molecular weight is 387 g/mol. The van der Waals surface area contributed by atoms with Crippen LogP contribution in [-0.2, 0) is 8.23 Å². The number of phenolic OH excluding ortho intramolecular Hbond substituents is 1. The predicted octanol–water partition coefficient (Wildman–Crippen LogP) is 5.24. The molecule has 0 atom stereocenters. The maximum Gasteiger partial charge on any atom is 0.314 e. The van der Waals surface area contributed by atoms with E-state index in [0.29, 0.717) is 12.4 Å². The standard InChI is InChI=1S/C17H34O4Si3/c1-15-14-16(10-11-17(15)18)19-12-9-13-24(8,20-22(2,3)4)21-23(5,6)7/h10-11,14,18H,9,12-13H2,1-8H3. The Kier molecular flexibility index (Phi) is 7.30. The first-order valence-corrected chi connectivity index (χ1v) is 18.0. The van der Waals surface area contributed by atoms with Gasteiger partial charge < -0.3 is 18.1 Å². The summed E-state index contributed by atoms with van der Waals surface area (Å²) in [5, 5.41) is 9.56. The molecule has 0 bridgehead atoms. The number of rotatable bonds is 9. The Morgan fingerprint density at radius 1 is 0.917 bits per heavy atom. The second kappa shape index (κ2) is 8.18. The van der Waals surface area contributed by atoms with Gasteiger partial charge in [-0.1, -0.05) is 0 Å². The first-order valence-electron chi connectivity index (χ1n) is 8.62. The fourth-order valence-corrected chi connectivity index (χ4v) is 15.2. The lowest BCUT2D eigenvalue weighted by Crippen LogP contribution is -2.52. The van der Waals surface area contributed by atoms with Gasteiger partial charge in [0.05, 0.1) is 6.61 Å². The van der Waals surface area contributed by atoms with Crippen LogP contribution in [0, 0.1) is 6.92 Å². The minimum absolute atomic E-state index is 0.300. The molecule has 0 aliphatic heterocycles. The normalized spacial score (nSPS) is 13.2. The van der Waals surface area contributed by atoms with Crippen molar-refractivity contribution in [2.75, 3.05) is 6.61 Å². The van der Waals surface area contributed by atoms with E-state index in [-0.39, 0.29) is 0 Å². The summed E-state index contributed by atoms with van der Waals surface area (Å²) in [4.78, 5) is 0. The lowest BCUT2D eigenvalue weighted by Gasteiger charge is -2.38. The number of hydrogen-bond acceptors (Lipinski definition) is 4. The van der Waals surface area contributed by atoms with Crippen LogP contribution in [0.25, 0.3) is 0 Å². The minimum Gasteiger partial charge on any atom is -0.508 e. The molecule has 0 fully saturated rings. The van der Waals surface area contributed by atoms with Crippen LogP contribution in [0.3, 0.4) is 0 Å². The van der Waals surface area contributed by atoms with Gasteiger partial charge in [-0.05, 0) is 89.0 Å². The molecule has 0 heterocycles. The summed E-state index contributed by atoms with van der Waals surface area (Å²) in [5.41, 5.74) is 0.829. The molecule has 0 amide bonds. The van der Waals surface area contributed by atoms with E-state index in [9.17, 15) is 5.11 Å². The number of aromatic hydroxyl groups is 1. The van der Waals surface area contributed by atoms with Crippen LogP contribution in [0.5, 0.6) is 11.5 Å². The van der Waals surface area contributed by atoms with E-state index < -0.39 is 25.2 Å². The number of benzene rings is 1. The highest BCUT2D eigenvalue weighted by atomic mass is 28.5. The van der Waals surface area contributed by atoms with Gasteiger partial charge in [-0.15, -0.1) is 0 Å². The SMILES string of the molecule is Cc1cc(OCCC[Si](C)(O[Si](C)(C)C)O[Si](C)(C)C)ccc1O. The van der Waals surface area contributed by atoms with E-state index in [1.165, 1.54) is 0 Å². The van der Waals surface area contributed by atoms with Gasteiger partial charge in [0.25, 0.3) is 0 Å². The highest BCUT2D eigenvalue weighted by Gasteiger charge is 2.39. The molecule has 0 unspecified atom stereocenters. The van der Waals surface area contributed by atoms with E-state index in [2.05, 4.69) is 45.8 Å². The second-order valence-corrected chi connectivity index (χ2v) is 21.3. The van der Waals surface area contributed by atoms with Gasteiger partial charge in [-0.2, -0.15) is 0 Å². The van der Waals surface area contributed by atoms with Gasteiger partial charge in [0.15, 0.2) is 16.6 Å². The summed E-state index contributed by atoms with van der Waals surface area (Å²) in [6.07, 6.45) is 0.914. The fraction of sp³-hybridized carbons (Fsp3) is 0.647. The molecule has 1 rings (SSSR count). The van der Waals surface area contributed by atoms with E-state index in [1.807, 2.05) is 13.0 Å². The van der Waals surface area contributed by atoms with Crippen molar-refractivity contribution in [2.24, 2.45) is 0 Å². The third kappa shape index (κ3) is 8.48. The zero-order chi connectivity index (χ0) is 18.6. The van der Waals surface area contributed by atoms with Crippen LogP contribution in [0.1, 0.15) is 12.0 Å². The van der Waals surface area contributed by atoms with Gasteiger partial charge in [-0.25, -0.2) is 0 Å². The zero-order valence-electron chi connectivity index (χ0n) is 16.5. The average Bonchev–Trinajstić information content (AvgIpc) is 2.34. The number of phenols is 1. The Morgan fingerprint density at radius 3 is 1.92 bits per heavy atom. The molecule has 1 N–H and O–H groups in total. The van der Waals surface area contributed by atoms with Crippen molar-refractivity contribution >= 4 is 25.2 Å². The molecular formula is C17H34O4Si3. The first-order chi connectivity index (χ1) is 10.8. The lowest BCUT2D eigenvalue weighted by molar-refractivity contribution is 0.306. The molecular weight excluding hydrogens is 352 g/mol. The molecule has 138 valence electrons. The quantitative estimate of drug-likeness (QED) is 0.465. The third-order valence-corrected chi connectivity index (χ3v) is 12.9. The van der Waals surface area contributed by atoms with Gasteiger partial charge in [0, 0.05) is 0 Å². The maximum absolute atomic E-state index is 9.56. The number of ether oxygens (including phenoxy) is 1. The molecule has 0 radical (unpaired) electrons. The molecule has 0 spiro atoms. The molecule has 0 aliphatic carbocycles. The van der Waals surface area contributed by atoms with E-state index >= 15 is 0 Å². The van der Waals surface area contributed by atoms with Crippen molar-refractivity contribution < 1.29 is 18.1 Å². The second-order valence-electron chi connectivity index (χ2n) is 8.46. The molecule has 0 saturated heterocycles. The topological polar surface area (TPSA) is 47.9 Å². The summed E-state index contributed by atoms with van der Waals surface area (Å²) in [5.74, 6) is 1.10. The minimum atomic E-state index is -2.17. The van der Waals surface area contributed by atoms with Crippen LogP contribution in [0.2, 0.25) is 51.9 Å². The van der Waals surface area contributed by atoms with Crippen molar-refractivity contribution in [2.45, 2.75) is 65.2 Å². The summed E-state index contributed by atoms with van der Waals surface area (Å²) < 4.78 is 18.8.